The highest BCUT2D eigenvalue weighted by Gasteiger charge is 2.52. The minimum Gasteiger partial charge on any atom is -0.507 e. The summed E-state index contributed by atoms with van der Waals surface area (Å²) < 4.78 is 15.1. The molecule has 2 saturated heterocycles. The Bertz CT molecular complexity index is 1170. The quantitative estimate of drug-likeness (QED) is 0.670. The maximum atomic E-state index is 15.1. The molecule has 0 saturated carbocycles. The lowest BCUT2D eigenvalue weighted by atomic mass is 9.82. The molecule has 2 bridgehead atoms. The normalized spacial score (nSPS) is 28.9. The Morgan fingerprint density at radius 1 is 1.16 bits per heavy atom. The van der Waals surface area contributed by atoms with Crippen LogP contribution in [-0.4, -0.2) is 52.8 Å². The second kappa shape index (κ2) is 6.91. The number of aryl methyl sites for hydroxylation is 1. The van der Waals surface area contributed by atoms with Crippen molar-refractivity contribution in [2.24, 2.45) is 0 Å². The summed E-state index contributed by atoms with van der Waals surface area (Å²) in [6.07, 6.45) is 3.21. The van der Waals surface area contributed by atoms with Crippen molar-refractivity contribution >= 4 is 6.08 Å². The van der Waals surface area contributed by atoms with Crippen molar-refractivity contribution in [3.63, 3.8) is 0 Å². The Kier molecular flexibility index (Phi) is 4.40. The first-order chi connectivity index (χ1) is 14.7. The average Bonchev–Trinajstić information content (AvgIpc) is 3.29. The third-order valence-electron chi connectivity index (χ3n) is 6.28. The highest BCUT2D eigenvalue weighted by Crippen LogP contribution is 2.46. The Morgan fingerprint density at radius 3 is 2.68 bits per heavy atom. The lowest BCUT2D eigenvalue weighted by molar-refractivity contribution is 0.160. The zero-order valence-corrected chi connectivity index (χ0v) is 17.7. The smallest absolute Gasteiger partial charge is 0.172 e. The molecule has 0 unspecified atom stereocenters. The van der Waals surface area contributed by atoms with Gasteiger partial charge in [0.1, 0.15) is 11.9 Å². The van der Waals surface area contributed by atoms with Gasteiger partial charge in [-0.05, 0) is 81.2 Å². The van der Waals surface area contributed by atoms with Gasteiger partial charge < -0.3 is 10.4 Å². The number of aromatic nitrogens is 6. The Hall–Kier alpha value is -3.20. The van der Waals surface area contributed by atoms with Crippen LogP contribution in [0, 0.1) is 6.92 Å². The summed E-state index contributed by atoms with van der Waals surface area (Å²) in [7, 11) is 0. The van der Waals surface area contributed by atoms with Crippen LogP contribution in [0.25, 0.3) is 23.0 Å². The Labute approximate surface area is 179 Å². The molecule has 5 rings (SSSR count). The number of nitrogens with zero attached hydrogens (tertiary/aromatic N) is 6. The number of nitrogens with one attached hydrogen (secondary N) is 1. The number of tetrazole rings is 1. The van der Waals surface area contributed by atoms with Gasteiger partial charge in [0.15, 0.2) is 5.82 Å². The van der Waals surface area contributed by atoms with Crippen molar-refractivity contribution in [2.75, 3.05) is 0 Å². The summed E-state index contributed by atoms with van der Waals surface area (Å²) in [5, 5.41) is 34.3. The molecule has 0 spiro atoms. The summed E-state index contributed by atoms with van der Waals surface area (Å²) in [6, 6.07) is 8.63. The molecule has 0 aliphatic carbocycles. The van der Waals surface area contributed by atoms with Crippen LogP contribution in [0.2, 0.25) is 0 Å². The van der Waals surface area contributed by atoms with Crippen molar-refractivity contribution in [1.29, 1.82) is 0 Å². The molecule has 4 heterocycles. The van der Waals surface area contributed by atoms with E-state index < -0.39 is 11.7 Å². The fourth-order valence-electron chi connectivity index (χ4n) is 4.75. The molecular formula is C22H24FN7O. The van der Waals surface area contributed by atoms with Crippen LogP contribution in [0.1, 0.15) is 44.6 Å². The van der Waals surface area contributed by atoms with Gasteiger partial charge in [-0.2, -0.15) is 5.10 Å². The lowest BCUT2D eigenvalue weighted by Gasteiger charge is -2.41. The van der Waals surface area contributed by atoms with E-state index in [-0.39, 0.29) is 11.3 Å². The summed E-state index contributed by atoms with van der Waals surface area (Å²) in [5.41, 5.74) is 2.43. The molecule has 2 aliphatic heterocycles. The van der Waals surface area contributed by atoms with Crippen LogP contribution in [0.15, 0.2) is 35.9 Å². The van der Waals surface area contributed by atoms with Crippen molar-refractivity contribution < 1.29 is 9.50 Å². The number of rotatable bonds is 3. The van der Waals surface area contributed by atoms with Gasteiger partial charge in [-0.3, -0.25) is 0 Å². The van der Waals surface area contributed by atoms with Crippen molar-refractivity contribution in [2.45, 2.75) is 57.3 Å². The second-order valence-electron chi connectivity index (χ2n) is 9.03. The van der Waals surface area contributed by atoms with Gasteiger partial charge in [0.2, 0.25) is 0 Å². The van der Waals surface area contributed by atoms with Gasteiger partial charge in [0, 0.05) is 17.2 Å². The number of aromatic hydroxyl groups is 1. The molecule has 160 valence electrons. The molecule has 1 aromatic carbocycles. The molecule has 9 heteroatoms. The Morgan fingerprint density at radius 2 is 2.00 bits per heavy atom. The topological polar surface area (TPSA) is 102 Å². The Balaban J connectivity index is 1.40. The van der Waals surface area contributed by atoms with Crippen LogP contribution >= 0.6 is 0 Å². The zero-order valence-electron chi connectivity index (χ0n) is 17.7. The highest BCUT2D eigenvalue weighted by molar-refractivity contribution is 5.69. The van der Waals surface area contributed by atoms with E-state index in [1.807, 2.05) is 13.0 Å². The van der Waals surface area contributed by atoms with Gasteiger partial charge >= 0.3 is 0 Å². The van der Waals surface area contributed by atoms with Gasteiger partial charge in [-0.15, -0.1) is 20.1 Å². The van der Waals surface area contributed by atoms with Crippen LogP contribution in [0.5, 0.6) is 5.75 Å². The van der Waals surface area contributed by atoms with Gasteiger partial charge in [0.05, 0.1) is 22.6 Å². The number of phenolic OH excluding ortho intramolecular Hbond substituents is 1. The largest absolute Gasteiger partial charge is 0.507 e. The van der Waals surface area contributed by atoms with E-state index in [0.717, 1.165) is 18.4 Å². The van der Waals surface area contributed by atoms with Crippen LogP contribution in [0.4, 0.5) is 4.39 Å². The number of phenols is 1. The SMILES string of the molecule is Cc1nnn(-c2ccc(-c3ccc(/C=C4\C[C@@]5(C)CC[C@](C)(N5)[C@H]4F)nn3)c(O)c2)n1. The number of piperidine rings is 1. The molecule has 31 heavy (non-hydrogen) atoms. The number of hydrogen-bond acceptors (Lipinski definition) is 7. The number of hydrogen-bond donors (Lipinski definition) is 2. The first-order valence-electron chi connectivity index (χ1n) is 10.3. The molecule has 2 fully saturated rings. The molecule has 2 aromatic heterocycles. The summed E-state index contributed by atoms with van der Waals surface area (Å²) in [6.45, 7) is 5.84. The predicted molar refractivity (Wildman–Crippen MR) is 113 cm³/mol. The summed E-state index contributed by atoms with van der Waals surface area (Å²) in [5.74, 6) is 0.576. The molecule has 8 nitrogen and oxygen atoms in total. The first-order valence-corrected chi connectivity index (χ1v) is 10.3. The number of alkyl halides is 1. The fourth-order valence-corrected chi connectivity index (χ4v) is 4.75. The fraction of sp³-hybridized carbons (Fsp3) is 0.409. The minimum atomic E-state index is -1.05. The van der Waals surface area contributed by atoms with Crippen molar-refractivity contribution in [3.05, 3.63) is 47.4 Å². The van der Waals surface area contributed by atoms with Crippen LogP contribution in [-0.2, 0) is 0 Å². The molecule has 0 amide bonds. The minimum absolute atomic E-state index is 0.0347. The van der Waals surface area contributed by atoms with Gasteiger partial charge in [-0.1, -0.05) is 0 Å². The molecule has 2 aliphatic rings. The van der Waals surface area contributed by atoms with E-state index in [4.69, 9.17) is 0 Å². The van der Waals surface area contributed by atoms with Crippen molar-refractivity contribution in [3.8, 4) is 22.7 Å². The van der Waals surface area contributed by atoms with E-state index in [9.17, 15) is 5.11 Å². The number of fused-ring (bicyclic) bond motifs is 2. The second-order valence-corrected chi connectivity index (χ2v) is 9.03. The summed E-state index contributed by atoms with van der Waals surface area (Å²) in [4.78, 5) is 1.35. The van der Waals surface area contributed by atoms with Crippen LogP contribution in [0.3, 0.4) is 0 Å². The standard InChI is InChI=1S/C22H24FN7O/c1-13-24-29-30(27-13)16-5-6-17(19(31)11-16)18-7-4-15(25-26-18)10-14-12-21(2)8-9-22(3,28-21)20(14)23/h4-7,10-11,20,28,31H,8-9,12H2,1-3H3/b14-10+/t20-,21+,22-/m0/s1. The maximum Gasteiger partial charge on any atom is 0.172 e. The van der Waals surface area contributed by atoms with E-state index >= 15 is 4.39 Å². The summed E-state index contributed by atoms with van der Waals surface area (Å²) >= 11 is 0. The van der Waals surface area contributed by atoms with Crippen LogP contribution < -0.4 is 5.32 Å². The third kappa shape index (κ3) is 3.48. The molecule has 3 atom stereocenters. The van der Waals surface area contributed by atoms with E-state index in [1.165, 1.54) is 4.80 Å². The molecule has 2 N–H and O–H groups in total. The van der Waals surface area contributed by atoms with Crippen molar-refractivity contribution in [1.82, 2.24) is 35.7 Å². The first kappa shape index (κ1) is 19.7. The molecule has 3 aromatic rings. The van der Waals surface area contributed by atoms with Gasteiger partial charge in [-0.25, -0.2) is 4.39 Å². The lowest BCUT2D eigenvalue weighted by Crippen LogP contribution is -2.57. The number of benzene rings is 1. The third-order valence-corrected chi connectivity index (χ3v) is 6.28. The van der Waals surface area contributed by atoms with E-state index in [1.54, 1.807) is 37.3 Å². The van der Waals surface area contributed by atoms with E-state index in [2.05, 4.69) is 37.8 Å². The van der Waals surface area contributed by atoms with E-state index in [0.29, 0.717) is 34.9 Å². The number of halogens is 1. The zero-order chi connectivity index (χ0) is 21.8. The monoisotopic (exact) mass is 421 g/mol. The molecular weight excluding hydrogens is 397 g/mol. The molecule has 0 radical (unpaired) electrons. The highest BCUT2D eigenvalue weighted by atomic mass is 19.1. The predicted octanol–water partition coefficient (Wildman–Crippen LogP) is 3.16. The maximum absolute atomic E-state index is 15.1. The average molecular weight is 421 g/mol. The van der Waals surface area contributed by atoms with Gasteiger partial charge in [0.25, 0.3) is 0 Å².